The number of carbonyl (C=O) groups excluding carboxylic acids is 3. The summed E-state index contributed by atoms with van der Waals surface area (Å²) in [4.78, 5) is 71.2. The molecule has 3 aromatic carbocycles. The fourth-order valence-electron chi connectivity index (χ4n) is 9.67. The molecule has 3 amide bonds. The Morgan fingerprint density at radius 2 is 0.833 bits per heavy atom. The Kier molecular flexibility index (Phi) is 27.1. The van der Waals surface area contributed by atoms with Crippen LogP contribution in [0, 0.1) is 0 Å². The van der Waals surface area contributed by atoms with Gasteiger partial charge < -0.3 is 23.7 Å². The average molecular weight is 1660 g/mol. The van der Waals surface area contributed by atoms with Gasteiger partial charge in [-0.1, -0.05) is 71.2 Å². The molecule has 0 fully saturated rings. The summed E-state index contributed by atoms with van der Waals surface area (Å²) in [6.07, 6.45) is 19.5. The maximum absolute atomic E-state index is 12.4. The zero-order chi connectivity index (χ0) is 81.9. The number of halogens is 3. The van der Waals surface area contributed by atoms with Crippen molar-refractivity contribution in [2.24, 2.45) is 5.84 Å². The van der Waals surface area contributed by atoms with Gasteiger partial charge in [0.05, 0.1) is 68.1 Å². The van der Waals surface area contributed by atoms with Gasteiger partial charge in [0, 0.05) is 109 Å². The molecular formula is C72H60Cl3N21O15S3. The summed E-state index contributed by atoms with van der Waals surface area (Å²) in [7, 11) is -5.80. The zero-order valence-electron chi connectivity index (χ0n) is 60.0. The number of methoxy groups -OCH3 is 3. The first-order chi connectivity index (χ1) is 54.5. The largest absolute Gasteiger partial charge is 0.481 e. The second-order valence-corrected chi connectivity index (χ2v) is 30.2. The molecule has 0 atom stereocenters. The molecule has 0 aliphatic carbocycles. The SMILES string of the molecule is COc1cc(-c2nnc(/C=C/c3nnc(-c4ccc(S(C)(=O)=O)cn4)n3-c3ccccc3Cl)o2)ccn1.COc1cc(C(=O)NN)ccn1.COc1cc(C(=O)NNC(=O)/C=C/c2nnc(-c3ccc(S(C)(=O)=O)cn3)n2-c2ccccc2Cl)ccn1.CS(=O)(=O)c1ccc(-c2nnc(/C=C/C(=O)O)n2-c2ccccc2Cl)nc1. The fourth-order valence-corrected chi connectivity index (χ4v) is 12.0. The minimum atomic E-state index is -3.44. The molecule has 582 valence electrons. The van der Waals surface area contributed by atoms with Crippen molar-refractivity contribution in [1.29, 1.82) is 0 Å². The highest BCUT2D eigenvalue weighted by molar-refractivity contribution is 7.91. The van der Waals surface area contributed by atoms with Crippen molar-refractivity contribution < 1.29 is 68.2 Å². The Bertz CT molecular complexity index is 6150. The van der Waals surface area contributed by atoms with E-state index in [1.165, 1.54) is 113 Å². The van der Waals surface area contributed by atoms with E-state index in [0.29, 0.717) is 89.6 Å². The molecule has 42 heteroatoms. The second kappa shape index (κ2) is 37.3. The number of carboxylic acids is 1. The summed E-state index contributed by atoms with van der Waals surface area (Å²) in [6.45, 7) is 0. The quantitative estimate of drug-likeness (QED) is 0.0195. The highest BCUT2D eigenvalue weighted by atomic mass is 35.5. The third kappa shape index (κ3) is 21.2. The van der Waals surface area contributed by atoms with Gasteiger partial charge in [0.1, 0.15) is 17.1 Å². The number of aromatic nitrogens is 17. The summed E-state index contributed by atoms with van der Waals surface area (Å²) in [5, 5.41) is 43.2. The molecular weight excluding hydrogens is 1600 g/mol. The first-order valence-electron chi connectivity index (χ1n) is 32.4. The molecule has 0 unspecified atom stereocenters. The van der Waals surface area contributed by atoms with Crippen molar-refractivity contribution in [1.82, 2.24) is 101 Å². The molecule has 114 heavy (non-hydrogen) atoms. The van der Waals surface area contributed by atoms with E-state index in [4.69, 9.17) is 64.4 Å². The third-order valence-corrected chi connectivity index (χ3v) is 19.4. The van der Waals surface area contributed by atoms with Gasteiger partial charge in [0.15, 0.2) is 64.5 Å². The van der Waals surface area contributed by atoms with E-state index in [1.54, 1.807) is 123 Å². The molecule has 0 spiro atoms. The summed E-state index contributed by atoms with van der Waals surface area (Å²) in [5.41, 5.74) is 10.6. The van der Waals surface area contributed by atoms with Crippen LogP contribution in [0.25, 0.3) is 87.4 Å². The van der Waals surface area contributed by atoms with Crippen molar-refractivity contribution in [2.75, 3.05) is 40.1 Å². The molecule has 0 bridgehead atoms. The lowest BCUT2D eigenvalue weighted by atomic mass is 10.2. The summed E-state index contributed by atoms with van der Waals surface area (Å²) < 4.78 is 96.0. The van der Waals surface area contributed by atoms with E-state index in [9.17, 15) is 44.4 Å². The number of nitrogens with one attached hydrogen (secondary N) is 3. The number of hydrogen-bond acceptors (Lipinski definition) is 29. The van der Waals surface area contributed by atoms with Gasteiger partial charge in [0.2, 0.25) is 29.4 Å². The van der Waals surface area contributed by atoms with E-state index in [0.717, 1.165) is 30.9 Å². The van der Waals surface area contributed by atoms with Crippen molar-refractivity contribution in [3.05, 3.63) is 244 Å². The van der Waals surface area contributed by atoms with Crippen molar-refractivity contribution in [3.8, 4) is 80.7 Å². The average Bonchev–Trinajstić information content (AvgIpc) is 1.63. The first-order valence-corrected chi connectivity index (χ1v) is 39.2. The highest BCUT2D eigenvalue weighted by Gasteiger charge is 2.23. The molecule has 0 radical (unpaired) electrons. The molecule has 36 nitrogen and oxygen atoms in total. The zero-order valence-corrected chi connectivity index (χ0v) is 64.7. The van der Waals surface area contributed by atoms with Crippen molar-refractivity contribution >= 4 is 112 Å². The Morgan fingerprint density at radius 1 is 0.447 bits per heavy atom. The van der Waals surface area contributed by atoms with Crippen molar-refractivity contribution in [3.63, 3.8) is 0 Å². The van der Waals surface area contributed by atoms with Crippen molar-refractivity contribution in [2.45, 2.75) is 14.7 Å². The Balaban J connectivity index is 0.000000170. The van der Waals surface area contributed by atoms with Crippen LogP contribution in [0.2, 0.25) is 15.1 Å². The van der Waals surface area contributed by atoms with Gasteiger partial charge in [-0.3, -0.25) is 59.3 Å². The lowest BCUT2D eigenvalue weighted by molar-refractivity contribution is -0.131. The van der Waals surface area contributed by atoms with Gasteiger partial charge in [-0.2, -0.15) is 0 Å². The molecule has 0 saturated carbocycles. The Labute approximate surface area is 662 Å². The molecule has 0 aliphatic rings. The maximum atomic E-state index is 12.4. The van der Waals surface area contributed by atoms with Crippen LogP contribution in [0.4, 0.5) is 0 Å². The Hall–Kier alpha value is -13.7. The molecule has 13 aromatic rings. The van der Waals surface area contributed by atoms with Crippen LogP contribution in [0.5, 0.6) is 17.6 Å². The van der Waals surface area contributed by atoms with Gasteiger partial charge in [-0.25, -0.2) is 50.8 Å². The van der Waals surface area contributed by atoms with E-state index in [-0.39, 0.29) is 61.2 Å². The van der Waals surface area contributed by atoms with E-state index < -0.39 is 47.3 Å². The number of hydrogen-bond donors (Lipinski definition) is 5. The molecule has 6 N–H and O–H groups in total. The second-order valence-electron chi connectivity index (χ2n) is 22.9. The number of nitrogens with two attached hydrogens (primary N) is 1. The molecule has 10 aromatic heterocycles. The highest BCUT2D eigenvalue weighted by Crippen LogP contribution is 2.32. The predicted molar refractivity (Wildman–Crippen MR) is 416 cm³/mol. The number of pyridine rings is 6. The topological polar surface area (TPSA) is 489 Å². The number of rotatable bonds is 21. The summed E-state index contributed by atoms with van der Waals surface area (Å²) >= 11 is 19.2. The summed E-state index contributed by atoms with van der Waals surface area (Å²) in [5.74, 6) is 5.57. The standard InChI is InChI=1S/C24H20ClN7O5S.C24H18ClN7O4S.C17H13ClN4O4S.C7H9N3O2/c1-37-22-13-15(11-12-26-22)24(34)31-29-21(33)10-9-20-28-30-23(32(20)19-6-4-3-5-17(19)25)18-8-7-16(14-27-18)38(2,35)36;1-35-22-13-15(11-12-26-22)24-31-29-21(36-24)10-9-20-28-30-23(32(20)19-6-4-3-5-17(19)25)18-8-7-16(14-27-18)37(2,33)34;1-27(25,26)11-6-7-13(19-10-11)17-21-20-15(8-9-16(23)24)22(17)14-5-3-2-4-12(14)18;1-12-6-4-5(2-3-9-6)7(11)10-8/h3-14H,1-2H3,(H,29,33)(H,31,34);3-14H,1-2H3;2-10H,1H3,(H,23,24);2-4H,8H2,1H3,(H,10,11)/b2*10-9+;9-8+;. The fraction of sp³-hybridized carbons (Fsp3) is 0.0833. The number of benzene rings is 3. The molecule has 10 heterocycles. The number of carboxylic acid groups (broad SMARTS) is 1. The van der Waals surface area contributed by atoms with E-state index in [1.807, 2.05) is 11.5 Å². The molecule has 0 aliphatic heterocycles. The number of amides is 3. The van der Waals surface area contributed by atoms with Crippen LogP contribution < -0.4 is 36.3 Å². The lowest BCUT2D eigenvalue weighted by Gasteiger charge is -2.10. The number of nitrogen functional groups attached to an aromatic ring is 1. The summed E-state index contributed by atoms with van der Waals surface area (Å²) in [6, 6.07) is 39.2. The number of hydrazine groups is 2. The number of ether oxygens (including phenoxy) is 3. The number of para-hydroxylation sites is 3. The smallest absolute Gasteiger partial charge is 0.328 e. The van der Waals surface area contributed by atoms with Crippen LogP contribution in [0.3, 0.4) is 0 Å². The van der Waals surface area contributed by atoms with Gasteiger partial charge >= 0.3 is 5.97 Å². The monoisotopic (exact) mass is 1660 g/mol. The third-order valence-electron chi connectivity index (χ3n) is 15.1. The van der Waals surface area contributed by atoms with Crippen LogP contribution in [0.15, 0.2) is 214 Å². The first kappa shape index (κ1) is 82.8. The van der Waals surface area contributed by atoms with Crippen LogP contribution >= 0.6 is 34.8 Å². The minimum absolute atomic E-state index is 0.0501. The van der Waals surface area contributed by atoms with Gasteiger partial charge in [0.25, 0.3) is 17.7 Å². The normalized spacial score (nSPS) is 11.4. The predicted octanol–water partition coefficient (Wildman–Crippen LogP) is 8.45. The Morgan fingerprint density at radius 3 is 1.21 bits per heavy atom. The van der Waals surface area contributed by atoms with E-state index in [2.05, 4.69) is 81.5 Å². The number of nitrogens with zero attached hydrogens (tertiary/aromatic N) is 17. The number of carbonyl (C=O) groups is 4. The number of aliphatic carboxylic acids is 1. The van der Waals surface area contributed by atoms with Crippen LogP contribution in [0.1, 0.15) is 44.1 Å². The minimum Gasteiger partial charge on any atom is -0.481 e. The van der Waals surface area contributed by atoms with Crippen LogP contribution in [-0.2, 0) is 39.1 Å². The van der Waals surface area contributed by atoms with E-state index >= 15 is 0 Å². The van der Waals surface area contributed by atoms with Crippen LogP contribution in [-0.4, -0.2) is 179 Å². The molecule has 0 saturated heterocycles. The van der Waals surface area contributed by atoms with Gasteiger partial charge in [-0.15, -0.1) is 40.8 Å². The molecule has 13 rings (SSSR count). The van der Waals surface area contributed by atoms with Gasteiger partial charge in [-0.05, 0) is 109 Å². The number of sulfone groups is 3. The lowest BCUT2D eigenvalue weighted by Crippen LogP contribution is -2.40. The maximum Gasteiger partial charge on any atom is 0.328 e.